The largest absolute Gasteiger partial charge is 0.462 e. The molecular weight excluding hydrogens is 841 g/mol. The van der Waals surface area contributed by atoms with Crippen molar-refractivity contribution >= 4 is 17.9 Å². The number of carbonyl (C=O) groups excluding carboxylic acids is 3. The van der Waals surface area contributed by atoms with Crippen molar-refractivity contribution in [3.05, 3.63) is 0 Å². The summed E-state index contributed by atoms with van der Waals surface area (Å²) in [6.45, 7) is 13.8. The number of hydrogen-bond acceptors (Lipinski definition) is 6. The fourth-order valence-corrected chi connectivity index (χ4v) is 9.50. The Morgan fingerprint density at radius 2 is 0.515 bits per heavy atom. The molecular formula is C62H120O6. The molecule has 2 atom stereocenters. The van der Waals surface area contributed by atoms with E-state index in [0.717, 1.165) is 75.5 Å². The van der Waals surface area contributed by atoms with Crippen LogP contribution in [0.15, 0.2) is 0 Å². The lowest BCUT2D eigenvalue weighted by atomic mass is 9.99. The summed E-state index contributed by atoms with van der Waals surface area (Å²) in [7, 11) is 0. The van der Waals surface area contributed by atoms with Crippen molar-refractivity contribution in [1.82, 2.24) is 0 Å². The van der Waals surface area contributed by atoms with Crippen molar-refractivity contribution in [3.8, 4) is 0 Å². The molecule has 0 heterocycles. The second-order valence-electron chi connectivity index (χ2n) is 22.5. The molecule has 0 aromatic rings. The summed E-state index contributed by atoms with van der Waals surface area (Å²) < 4.78 is 16.9. The van der Waals surface area contributed by atoms with Gasteiger partial charge in [-0.1, -0.05) is 305 Å². The first kappa shape index (κ1) is 66.4. The minimum Gasteiger partial charge on any atom is -0.462 e. The van der Waals surface area contributed by atoms with Crippen LogP contribution in [0, 0.1) is 17.8 Å². The molecule has 0 aromatic heterocycles. The number of unbranched alkanes of at least 4 members (excludes halogenated alkanes) is 37. The van der Waals surface area contributed by atoms with Gasteiger partial charge in [-0.05, 0) is 37.0 Å². The molecule has 0 saturated heterocycles. The van der Waals surface area contributed by atoms with Crippen molar-refractivity contribution in [3.63, 3.8) is 0 Å². The molecule has 0 bridgehead atoms. The van der Waals surface area contributed by atoms with Gasteiger partial charge >= 0.3 is 17.9 Å². The second-order valence-corrected chi connectivity index (χ2v) is 22.5. The van der Waals surface area contributed by atoms with E-state index >= 15 is 0 Å². The maximum absolute atomic E-state index is 12.9. The minimum absolute atomic E-state index is 0.0634. The zero-order valence-electron chi connectivity index (χ0n) is 46.9. The summed E-state index contributed by atoms with van der Waals surface area (Å²) in [5.41, 5.74) is 0. The summed E-state index contributed by atoms with van der Waals surface area (Å²) in [6, 6.07) is 0. The summed E-state index contributed by atoms with van der Waals surface area (Å²) in [6.07, 6.45) is 56.7. The van der Waals surface area contributed by atoms with Crippen LogP contribution in [-0.4, -0.2) is 37.2 Å². The molecule has 0 N–H and O–H groups in total. The second kappa shape index (κ2) is 53.2. The van der Waals surface area contributed by atoms with Crippen LogP contribution in [0.3, 0.4) is 0 Å². The van der Waals surface area contributed by atoms with Crippen LogP contribution in [-0.2, 0) is 28.6 Å². The van der Waals surface area contributed by atoms with Gasteiger partial charge < -0.3 is 14.2 Å². The molecule has 1 unspecified atom stereocenters. The highest BCUT2D eigenvalue weighted by molar-refractivity contribution is 5.71. The first-order chi connectivity index (χ1) is 33.1. The van der Waals surface area contributed by atoms with Gasteiger partial charge in [-0.2, -0.15) is 0 Å². The highest BCUT2D eigenvalue weighted by Crippen LogP contribution is 2.19. The van der Waals surface area contributed by atoms with E-state index in [2.05, 4.69) is 41.5 Å². The van der Waals surface area contributed by atoms with E-state index in [1.165, 1.54) is 225 Å². The first-order valence-electron chi connectivity index (χ1n) is 30.6. The first-order valence-corrected chi connectivity index (χ1v) is 30.6. The van der Waals surface area contributed by atoms with Crippen molar-refractivity contribution in [2.24, 2.45) is 17.8 Å². The maximum atomic E-state index is 12.9. The third-order valence-electron chi connectivity index (χ3n) is 14.5. The SMILES string of the molecule is CCC(C)CCCCCCCCCCCCCCCCCCCCC(=O)O[C@H](COC(=O)CCCCCCCCCCCCCCCC(C)C)COC(=O)CCCCCCCCCCCC(C)C. The summed E-state index contributed by atoms with van der Waals surface area (Å²) in [4.78, 5) is 38.2. The van der Waals surface area contributed by atoms with E-state index in [-0.39, 0.29) is 31.1 Å². The maximum Gasteiger partial charge on any atom is 0.306 e. The predicted octanol–water partition coefficient (Wildman–Crippen LogP) is 20.3. The Kier molecular flexibility index (Phi) is 52.0. The van der Waals surface area contributed by atoms with Gasteiger partial charge in [0.25, 0.3) is 0 Å². The molecule has 404 valence electrons. The molecule has 0 aromatic carbocycles. The highest BCUT2D eigenvalue weighted by atomic mass is 16.6. The van der Waals surface area contributed by atoms with E-state index in [1.807, 2.05) is 0 Å². The zero-order chi connectivity index (χ0) is 49.8. The fourth-order valence-electron chi connectivity index (χ4n) is 9.50. The van der Waals surface area contributed by atoms with Gasteiger partial charge in [-0.15, -0.1) is 0 Å². The number of ether oxygens (including phenoxy) is 3. The Morgan fingerprint density at radius 1 is 0.294 bits per heavy atom. The van der Waals surface area contributed by atoms with Crippen molar-refractivity contribution in [2.75, 3.05) is 13.2 Å². The lowest BCUT2D eigenvalue weighted by molar-refractivity contribution is -0.167. The third-order valence-corrected chi connectivity index (χ3v) is 14.5. The van der Waals surface area contributed by atoms with Gasteiger partial charge in [0.15, 0.2) is 6.10 Å². The molecule has 6 heteroatoms. The monoisotopic (exact) mass is 961 g/mol. The molecule has 68 heavy (non-hydrogen) atoms. The molecule has 0 saturated carbocycles. The van der Waals surface area contributed by atoms with Crippen LogP contribution < -0.4 is 0 Å². The minimum atomic E-state index is -0.764. The molecule has 0 aliphatic carbocycles. The topological polar surface area (TPSA) is 78.9 Å². The van der Waals surface area contributed by atoms with Crippen LogP contribution in [0.2, 0.25) is 0 Å². The Hall–Kier alpha value is -1.59. The van der Waals surface area contributed by atoms with Crippen LogP contribution in [0.1, 0.15) is 343 Å². The lowest BCUT2D eigenvalue weighted by Crippen LogP contribution is -2.30. The van der Waals surface area contributed by atoms with Crippen molar-refractivity contribution in [2.45, 2.75) is 349 Å². The van der Waals surface area contributed by atoms with Gasteiger partial charge in [-0.25, -0.2) is 0 Å². The molecule has 0 aliphatic rings. The molecule has 6 nitrogen and oxygen atoms in total. The van der Waals surface area contributed by atoms with E-state index in [9.17, 15) is 14.4 Å². The Labute approximate surface area is 425 Å². The number of esters is 3. The van der Waals surface area contributed by atoms with Crippen LogP contribution >= 0.6 is 0 Å². The predicted molar refractivity (Wildman–Crippen MR) is 293 cm³/mol. The molecule has 0 fully saturated rings. The molecule has 0 rings (SSSR count). The summed E-state index contributed by atoms with van der Waals surface area (Å²) >= 11 is 0. The third kappa shape index (κ3) is 53.8. The smallest absolute Gasteiger partial charge is 0.306 e. The number of rotatable bonds is 55. The molecule has 0 radical (unpaired) electrons. The van der Waals surface area contributed by atoms with E-state index < -0.39 is 6.10 Å². The van der Waals surface area contributed by atoms with E-state index in [1.54, 1.807) is 0 Å². The lowest BCUT2D eigenvalue weighted by Gasteiger charge is -2.18. The Balaban J connectivity index is 4.25. The van der Waals surface area contributed by atoms with Gasteiger partial charge in [0.05, 0.1) is 0 Å². The standard InChI is InChI=1S/C62H120O6/c1-7-58(6)50-44-38-32-26-20-16-12-10-8-9-11-13-17-22-28-35-41-47-53-62(65)68-59(55-67-61(64)52-46-40-34-29-23-25-31-37-43-49-57(4)5)54-66-60(63)51-45-39-33-27-21-18-14-15-19-24-30-36-42-48-56(2)3/h56-59H,7-55H2,1-6H3/t58?,59-/m1/s1. The van der Waals surface area contributed by atoms with Gasteiger partial charge in [0.1, 0.15) is 13.2 Å². The summed E-state index contributed by atoms with van der Waals surface area (Å²) in [5, 5.41) is 0. The van der Waals surface area contributed by atoms with Crippen LogP contribution in [0.5, 0.6) is 0 Å². The Bertz CT molecular complexity index is 1060. The van der Waals surface area contributed by atoms with Crippen LogP contribution in [0.4, 0.5) is 0 Å². The Morgan fingerprint density at radius 3 is 0.765 bits per heavy atom. The summed E-state index contributed by atoms with van der Waals surface area (Å²) in [5.74, 6) is 1.72. The molecule has 0 aliphatic heterocycles. The fraction of sp³-hybridized carbons (Fsp3) is 0.952. The molecule has 0 spiro atoms. The number of hydrogen-bond donors (Lipinski definition) is 0. The molecule has 0 amide bonds. The average molecular weight is 962 g/mol. The van der Waals surface area contributed by atoms with E-state index in [4.69, 9.17) is 14.2 Å². The highest BCUT2D eigenvalue weighted by Gasteiger charge is 2.19. The number of carbonyl (C=O) groups is 3. The average Bonchev–Trinajstić information content (AvgIpc) is 3.31. The van der Waals surface area contributed by atoms with Gasteiger partial charge in [-0.3, -0.25) is 14.4 Å². The van der Waals surface area contributed by atoms with E-state index in [0.29, 0.717) is 19.3 Å². The quantitative estimate of drug-likeness (QED) is 0.0343. The van der Waals surface area contributed by atoms with Crippen molar-refractivity contribution in [1.29, 1.82) is 0 Å². The zero-order valence-corrected chi connectivity index (χ0v) is 46.9. The van der Waals surface area contributed by atoms with Crippen molar-refractivity contribution < 1.29 is 28.6 Å². The van der Waals surface area contributed by atoms with Gasteiger partial charge in [0.2, 0.25) is 0 Å². The van der Waals surface area contributed by atoms with Gasteiger partial charge in [0, 0.05) is 19.3 Å². The normalized spacial score (nSPS) is 12.5. The van der Waals surface area contributed by atoms with Crippen LogP contribution in [0.25, 0.3) is 0 Å².